The Morgan fingerprint density at radius 3 is 2.16 bits per heavy atom. The molecule has 0 N–H and O–H groups in total. The highest BCUT2D eigenvalue weighted by Crippen LogP contribution is 2.29. The Bertz CT molecular complexity index is 1060. The summed E-state index contributed by atoms with van der Waals surface area (Å²) in [7, 11) is -3.63. The zero-order valence-corrected chi connectivity index (χ0v) is 18.6. The predicted molar refractivity (Wildman–Crippen MR) is 115 cm³/mol. The Kier molecular flexibility index (Phi) is 6.76. The molecule has 166 valence electrons. The molecule has 0 aliphatic carbocycles. The molecule has 1 saturated heterocycles. The number of nitro groups is 1. The molecule has 9 heteroatoms. The highest BCUT2D eigenvalue weighted by Gasteiger charge is 2.34. The third kappa shape index (κ3) is 5.11. The molecule has 0 spiro atoms. The van der Waals surface area contributed by atoms with Gasteiger partial charge in [0.25, 0.3) is 5.69 Å². The number of carbonyl (C=O) groups is 1. The molecule has 0 radical (unpaired) electrons. The summed E-state index contributed by atoms with van der Waals surface area (Å²) in [5.41, 5.74) is 3.10. The SMILES string of the molecule is Cc1cc(C)c(S(=O)(=O)N2CCC(C(=O)OCc3ccc([N+](=O)[O-])cc3)CC2)c(C)c1. The van der Waals surface area contributed by atoms with E-state index in [-0.39, 0.29) is 37.3 Å². The predicted octanol–water partition coefficient (Wildman–Crippen LogP) is 3.66. The van der Waals surface area contributed by atoms with E-state index < -0.39 is 14.9 Å². The number of hydrogen-bond acceptors (Lipinski definition) is 6. The summed E-state index contributed by atoms with van der Waals surface area (Å²) in [6, 6.07) is 9.55. The Morgan fingerprint density at radius 1 is 1.10 bits per heavy atom. The molecule has 0 unspecified atom stereocenters. The Hall–Kier alpha value is -2.78. The standard InChI is InChI=1S/C22H26N2O6S/c1-15-12-16(2)21(17(3)13-15)31(28,29)23-10-8-19(9-11-23)22(25)30-14-18-4-6-20(7-5-18)24(26)27/h4-7,12-13,19H,8-11,14H2,1-3H3. The fourth-order valence-electron chi connectivity index (χ4n) is 4.02. The summed E-state index contributed by atoms with van der Waals surface area (Å²) < 4.78 is 33.1. The number of esters is 1. The Morgan fingerprint density at radius 2 is 1.65 bits per heavy atom. The van der Waals surface area contributed by atoms with Crippen molar-refractivity contribution in [2.75, 3.05) is 13.1 Å². The lowest BCUT2D eigenvalue weighted by Gasteiger charge is -2.31. The van der Waals surface area contributed by atoms with Crippen molar-refractivity contribution in [3.05, 3.63) is 68.8 Å². The number of piperidine rings is 1. The summed E-state index contributed by atoms with van der Waals surface area (Å²) in [5.74, 6) is -0.747. The zero-order valence-electron chi connectivity index (χ0n) is 17.8. The van der Waals surface area contributed by atoms with Gasteiger partial charge in [-0.3, -0.25) is 14.9 Å². The second-order valence-corrected chi connectivity index (χ2v) is 9.81. The summed E-state index contributed by atoms with van der Waals surface area (Å²) >= 11 is 0. The first-order valence-corrected chi connectivity index (χ1v) is 11.5. The summed E-state index contributed by atoms with van der Waals surface area (Å²) in [6.45, 7) is 6.07. The van der Waals surface area contributed by atoms with Crippen LogP contribution in [0.1, 0.15) is 35.1 Å². The molecule has 0 saturated carbocycles. The van der Waals surface area contributed by atoms with Crippen LogP contribution in [0.25, 0.3) is 0 Å². The van der Waals surface area contributed by atoms with Crippen molar-refractivity contribution in [1.82, 2.24) is 4.31 Å². The number of nitro benzene ring substituents is 1. The van der Waals surface area contributed by atoms with Crippen molar-refractivity contribution in [2.45, 2.75) is 45.1 Å². The van der Waals surface area contributed by atoms with Crippen LogP contribution >= 0.6 is 0 Å². The molecule has 2 aromatic rings. The number of ether oxygens (including phenoxy) is 1. The van der Waals surface area contributed by atoms with Gasteiger partial charge in [-0.1, -0.05) is 17.7 Å². The molecule has 2 aromatic carbocycles. The normalized spacial score (nSPS) is 15.6. The molecule has 8 nitrogen and oxygen atoms in total. The minimum absolute atomic E-state index is 0.0249. The maximum Gasteiger partial charge on any atom is 0.309 e. The van der Waals surface area contributed by atoms with Gasteiger partial charge in [-0.05, 0) is 62.4 Å². The molecule has 0 aromatic heterocycles. The van der Waals surface area contributed by atoms with Crippen molar-refractivity contribution in [3.8, 4) is 0 Å². The van der Waals surface area contributed by atoms with E-state index in [1.807, 2.05) is 19.1 Å². The van der Waals surface area contributed by atoms with E-state index in [1.54, 1.807) is 26.0 Å². The van der Waals surface area contributed by atoms with Gasteiger partial charge < -0.3 is 4.74 Å². The van der Waals surface area contributed by atoms with Crippen LogP contribution in [0.2, 0.25) is 0 Å². The summed E-state index contributed by atoms with van der Waals surface area (Å²) in [6.07, 6.45) is 0.782. The lowest BCUT2D eigenvalue weighted by Crippen LogP contribution is -2.41. The number of benzene rings is 2. The van der Waals surface area contributed by atoms with E-state index in [2.05, 4.69) is 0 Å². The number of aryl methyl sites for hydroxylation is 3. The van der Waals surface area contributed by atoms with Crippen molar-refractivity contribution in [1.29, 1.82) is 0 Å². The third-order valence-corrected chi connectivity index (χ3v) is 7.72. The number of hydrogen-bond donors (Lipinski definition) is 0. The van der Waals surface area contributed by atoms with Gasteiger partial charge in [-0.25, -0.2) is 8.42 Å². The molecule has 0 amide bonds. The van der Waals surface area contributed by atoms with Gasteiger partial charge in [0.1, 0.15) is 6.61 Å². The van der Waals surface area contributed by atoms with E-state index in [4.69, 9.17) is 4.74 Å². The van der Waals surface area contributed by atoms with Crippen molar-refractivity contribution in [2.24, 2.45) is 5.92 Å². The molecule has 3 rings (SSSR count). The first-order valence-electron chi connectivity index (χ1n) is 10.1. The van der Waals surface area contributed by atoms with Crippen LogP contribution in [0, 0.1) is 36.8 Å². The summed E-state index contributed by atoms with van der Waals surface area (Å²) in [5, 5.41) is 10.7. The largest absolute Gasteiger partial charge is 0.461 e. The van der Waals surface area contributed by atoms with E-state index in [0.717, 1.165) is 16.7 Å². The van der Waals surface area contributed by atoms with Crippen LogP contribution in [0.3, 0.4) is 0 Å². The quantitative estimate of drug-likeness (QED) is 0.381. The molecule has 1 aliphatic heterocycles. The van der Waals surface area contributed by atoms with E-state index in [0.29, 0.717) is 23.3 Å². The third-order valence-electron chi connectivity index (χ3n) is 5.52. The molecule has 1 aliphatic rings. The lowest BCUT2D eigenvalue weighted by atomic mass is 9.98. The molecule has 1 heterocycles. The topological polar surface area (TPSA) is 107 Å². The second kappa shape index (κ2) is 9.15. The number of non-ortho nitro benzene ring substituents is 1. The van der Waals surface area contributed by atoms with Gasteiger partial charge in [0.15, 0.2) is 0 Å². The Balaban J connectivity index is 1.58. The first kappa shape index (κ1) is 22.9. The minimum Gasteiger partial charge on any atom is -0.461 e. The minimum atomic E-state index is -3.63. The molecule has 0 atom stereocenters. The summed E-state index contributed by atoms with van der Waals surface area (Å²) in [4.78, 5) is 23.0. The second-order valence-electron chi connectivity index (χ2n) is 7.94. The van der Waals surface area contributed by atoms with E-state index in [9.17, 15) is 23.3 Å². The first-order chi connectivity index (χ1) is 14.6. The fourth-order valence-corrected chi connectivity index (χ4v) is 5.90. The van der Waals surface area contributed by atoms with Gasteiger partial charge in [-0.15, -0.1) is 0 Å². The van der Waals surface area contributed by atoms with Crippen molar-refractivity contribution >= 4 is 21.7 Å². The number of nitrogens with zero attached hydrogens (tertiary/aromatic N) is 2. The van der Waals surface area contributed by atoms with Gasteiger partial charge in [0.2, 0.25) is 10.0 Å². The van der Waals surface area contributed by atoms with Crippen LogP contribution < -0.4 is 0 Å². The molecule has 31 heavy (non-hydrogen) atoms. The van der Waals surface area contributed by atoms with Crippen LogP contribution in [-0.2, 0) is 26.2 Å². The monoisotopic (exact) mass is 446 g/mol. The van der Waals surface area contributed by atoms with E-state index >= 15 is 0 Å². The van der Waals surface area contributed by atoms with Crippen LogP contribution in [0.4, 0.5) is 5.69 Å². The molecule has 0 bridgehead atoms. The zero-order chi connectivity index (χ0) is 22.8. The average molecular weight is 447 g/mol. The number of carbonyl (C=O) groups excluding carboxylic acids is 1. The lowest BCUT2D eigenvalue weighted by molar-refractivity contribution is -0.384. The van der Waals surface area contributed by atoms with Crippen LogP contribution in [0.5, 0.6) is 0 Å². The van der Waals surface area contributed by atoms with Crippen LogP contribution in [0.15, 0.2) is 41.3 Å². The van der Waals surface area contributed by atoms with Crippen LogP contribution in [-0.4, -0.2) is 36.7 Å². The molecular formula is C22H26N2O6S. The van der Waals surface area contributed by atoms with Gasteiger partial charge in [0.05, 0.1) is 15.7 Å². The number of sulfonamides is 1. The highest BCUT2D eigenvalue weighted by molar-refractivity contribution is 7.89. The smallest absolute Gasteiger partial charge is 0.309 e. The van der Waals surface area contributed by atoms with Crippen molar-refractivity contribution in [3.63, 3.8) is 0 Å². The highest BCUT2D eigenvalue weighted by atomic mass is 32.2. The van der Waals surface area contributed by atoms with E-state index in [1.165, 1.54) is 16.4 Å². The van der Waals surface area contributed by atoms with Gasteiger partial charge in [0, 0.05) is 25.2 Å². The van der Waals surface area contributed by atoms with Crippen molar-refractivity contribution < 1.29 is 22.9 Å². The fraction of sp³-hybridized carbons (Fsp3) is 0.409. The van der Waals surface area contributed by atoms with Gasteiger partial charge in [-0.2, -0.15) is 4.31 Å². The molecular weight excluding hydrogens is 420 g/mol. The average Bonchev–Trinajstić information content (AvgIpc) is 2.71. The number of rotatable bonds is 6. The van der Waals surface area contributed by atoms with Gasteiger partial charge >= 0.3 is 5.97 Å². The Labute approximate surface area is 182 Å². The maximum atomic E-state index is 13.2. The molecule has 1 fully saturated rings. The maximum absolute atomic E-state index is 13.2.